The van der Waals surface area contributed by atoms with E-state index in [9.17, 15) is 0 Å². The van der Waals surface area contributed by atoms with Gasteiger partial charge in [0.05, 0.1) is 11.4 Å². The van der Waals surface area contributed by atoms with Crippen LogP contribution in [0.1, 0.15) is 0 Å². The number of benzene rings is 5. The number of hydrogen-bond donors (Lipinski definition) is 0. The van der Waals surface area contributed by atoms with Crippen molar-refractivity contribution < 1.29 is 0 Å². The number of nitrogens with zero attached hydrogens (tertiary/aromatic N) is 5. The van der Waals surface area contributed by atoms with Gasteiger partial charge in [0.2, 0.25) is 0 Å². The van der Waals surface area contributed by atoms with E-state index >= 15 is 0 Å². The van der Waals surface area contributed by atoms with Gasteiger partial charge in [0.25, 0.3) is 0 Å². The van der Waals surface area contributed by atoms with E-state index < -0.39 is 0 Å². The average Bonchev–Trinajstić information content (AvgIpc) is 3.09. The van der Waals surface area contributed by atoms with Gasteiger partial charge in [0.15, 0.2) is 23.3 Å². The fourth-order valence-electron chi connectivity index (χ4n) is 4.86. The summed E-state index contributed by atoms with van der Waals surface area (Å²) in [5.41, 5.74) is 7.06. The molecule has 6 heteroatoms. The Bertz CT molecular complexity index is 1970. The van der Waals surface area contributed by atoms with Gasteiger partial charge in [-0.2, -0.15) is 0 Å². The van der Waals surface area contributed by atoms with Crippen LogP contribution < -0.4 is 0 Å². The predicted molar refractivity (Wildman–Crippen MR) is 173 cm³/mol. The highest BCUT2D eigenvalue weighted by molar-refractivity contribution is 6.30. The van der Waals surface area contributed by atoms with Crippen LogP contribution in [0.15, 0.2) is 146 Å². The highest BCUT2D eigenvalue weighted by atomic mass is 35.5. The second-order valence-electron chi connectivity index (χ2n) is 9.96. The van der Waals surface area contributed by atoms with E-state index in [4.69, 9.17) is 36.5 Å². The fourth-order valence-corrected chi connectivity index (χ4v) is 5.05. The average molecular weight is 574 g/mol. The van der Waals surface area contributed by atoms with Gasteiger partial charge in [-0.05, 0) is 24.3 Å². The molecule has 0 fully saturated rings. The lowest BCUT2D eigenvalue weighted by Crippen LogP contribution is -2.00. The Balaban J connectivity index is 1.37. The van der Waals surface area contributed by atoms with Crippen molar-refractivity contribution in [2.45, 2.75) is 0 Å². The summed E-state index contributed by atoms with van der Waals surface area (Å²) in [5, 5.41) is 0.652. The zero-order valence-electron chi connectivity index (χ0n) is 23.0. The third-order valence-corrected chi connectivity index (χ3v) is 7.23. The Kier molecular flexibility index (Phi) is 7.22. The molecule has 0 saturated carbocycles. The Morgan fingerprint density at radius 1 is 0.302 bits per heavy atom. The van der Waals surface area contributed by atoms with E-state index in [1.807, 2.05) is 146 Å². The fraction of sp³-hybridized carbons (Fsp3) is 0. The number of hydrogen-bond acceptors (Lipinski definition) is 5. The zero-order chi connectivity index (χ0) is 29.0. The van der Waals surface area contributed by atoms with E-state index in [-0.39, 0.29) is 0 Å². The summed E-state index contributed by atoms with van der Waals surface area (Å²) in [7, 11) is 0. The summed E-state index contributed by atoms with van der Waals surface area (Å²) in [5.74, 6) is 2.39. The van der Waals surface area contributed by atoms with E-state index in [2.05, 4.69) is 0 Å². The molecule has 0 aliphatic rings. The van der Waals surface area contributed by atoms with Crippen molar-refractivity contribution in [3.63, 3.8) is 0 Å². The van der Waals surface area contributed by atoms with Crippen molar-refractivity contribution in [3.8, 4) is 68.1 Å². The molecular formula is C37H24ClN5. The Labute approximate surface area is 254 Å². The van der Waals surface area contributed by atoms with E-state index in [1.165, 1.54) is 0 Å². The molecule has 2 heterocycles. The summed E-state index contributed by atoms with van der Waals surface area (Å²) < 4.78 is 0. The molecule has 0 radical (unpaired) electrons. The first kappa shape index (κ1) is 26.4. The summed E-state index contributed by atoms with van der Waals surface area (Å²) in [6.45, 7) is 0. The van der Waals surface area contributed by atoms with Gasteiger partial charge >= 0.3 is 0 Å². The van der Waals surface area contributed by atoms with Crippen LogP contribution in [0, 0.1) is 0 Å². The second-order valence-corrected chi connectivity index (χ2v) is 10.4. The largest absolute Gasteiger partial charge is 0.228 e. The molecule has 0 saturated heterocycles. The summed E-state index contributed by atoms with van der Waals surface area (Å²) in [6, 6.07) is 47.7. The molecule has 5 nitrogen and oxygen atoms in total. The van der Waals surface area contributed by atoms with Gasteiger partial charge in [-0.1, -0.05) is 133 Å². The molecule has 43 heavy (non-hydrogen) atoms. The van der Waals surface area contributed by atoms with Crippen LogP contribution in [0.25, 0.3) is 68.1 Å². The Morgan fingerprint density at radius 2 is 0.698 bits per heavy atom. The van der Waals surface area contributed by atoms with E-state index in [0.717, 1.165) is 44.8 Å². The summed E-state index contributed by atoms with van der Waals surface area (Å²) >= 11 is 6.35. The lowest BCUT2D eigenvalue weighted by Gasteiger charge is -2.11. The molecule has 0 atom stereocenters. The van der Waals surface area contributed by atoms with Gasteiger partial charge in [-0.15, -0.1) is 0 Å². The normalized spacial score (nSPS) is 10.9. The van der Waals surface area contributed by atoms with Crippen LogP contribution in [0.3, 0.4) is 0 Å². The van der Waals surface area contributed by atoms with Crippen LogP contribution >= 0.6 is 11.6 Å². The molecule has 0 N–H and O–H groups in total. The van der Waals surface area contributed by atoms with Crippen molar-refractivity contribution in [3.05, 3.63) is 151 Å². The molecule has 0 aliphatic carbocycles. The van der Waals surface area contributed by atoms with Crippen molar-refractivity contribution in [2.75, 3.05) is 0 Å². The molecule has 7 aromatic rings. The van der Waals surface area contributed by atoms with Crippen LogP contribution in [-0.4, -0.2) is 24.9 Å². The maximum atomic E-state index is 6.35. The third-order valence-electron chi connectivity index (χ3n) is 6.99. The van der Waals surface area contributed by atoms with Gasteiger partial charge < -0.3 is 0 Å². The second kappa shape index (κ2) is 11.8. The standard InChI is InChI=1S/C37H24ClN5/c38-31-21-11-18-28(23-31)33-24-32(25-12-4-1-5-13-25)39-36(40-33)29-19-10-20-30(22-29)37-42-34(26-14-6-2-7-15-26)41-35(43-37)27-16-8-3-9-17-27/h1-24H. The molecule has 0 aliphatic heterocycles. The third kappa shape index (κ3) is 5.80. The quantitative estimate of drug-likeness (QED) is 0.198. The van der Waals surface area contributed by atoms with Crippen molar-refractivity contribution in [1.82, 2.24) is 24.9 Å². The van der Waals surface area contributed by atoms with Crippen molar-refractivity contribution >= 4 is 11.6 Å². The first-order valence-electron chi connectivity index (χ1n) is 13.9. The van der Waals surface area contributed by atoms with Crippen molar-refractivity contribution in [1.29, 1.82) is 0 Å². The molecule has 0 unspecified atom stereocenters. The van der Waals surface area contributed by atoms with Crippen LogP contribution in [-0.2, 0) is 0 Å². The smallest absolute Gasteiger partial charge is 0.164 e. The molecular weight excluding hydrogens is 550 g/mol. The van der Waals surface area contributed by atoms with Gasteiger partial charge in [0.1, 0.15) is 0 Å². The monoisotopic (exact) mass is 573 g/mol. The van der Waals surface area contributed by atoms with E-state index in [1.54, 1.807) is 0 Å². The topological polar surface area (TPSA) is 64.5 Å². The maximum Gasteiger partial charge on any atom is 0.164 e. The number of halogens is 1. The Morgan fingerprint density at radius 3 is 1.23 bits per heavy atom. The molecule has 2 aromatic heterocycles. The minimum Gasteiger partial charge on any atom is -0.228 e. The molecule has 5 aromatic carbocycles. The Hall–Kier alpha value is -5.52. The molecule has 7 rings (SSSR count). The van der Waals surface area contributed by atoms with Crippen LogP contribution in [0.5, 0.6) is 0 Å². The van der Waals surface area contributed by atoms with Crippen molar-refractivity contribution in [2.24, 2.45) is 0 Å². The molecule has 0 spiro atoms. The minimum absolute atomic E-state index is 0.573. The lowest BCUT2D eigenvalue weighted by molar-refractivity contribution is 1.07. The highest BCUT2D eigenvalue weighted by Gasteiger charge is 2.15. The molecule has 0 amide bonds. The summed E-state index contributed by atoms with van der Waals surface area (Å²) in [6.07, 6.45) is 0. The maximum absolute atomic E-state index is 6.35. The number of rotatable bonds is 6. The number of aromatic nitrogens is 5. The summed E-state index contributed by atoms with van der Waals surface area (Å²) in [4.78, 5) is 24.6. The lowest BCUT2D eigenvalue weighted by atomic mass is 10.1. The van der Waals surface area contributed by atoms with Gasteiger partial charge in [-0.3, -0.25) is 0 Å². The highest BCUT2D eigenvalue weighted by Crippen LogP contribution is 2.31. The molecule has 204 valence electrons. The SMILES string of the molecule is Clc1cccc(-c2cc(-c3ccccc3)nc(-c3cccc(-c4nc(-c5ccccc5)nc(-c5ccccc5)n4)c3)n2)c1. The molecule has 0 bridgehead atoms. The van der Waals surface area contributed by atoms with E-state index in [0.29, 0.717) is 28.3 Å². The van der Waals surface area contributed by atoms with Crippen LogP contribution in [0.2, 0.25) is 5.02 Å². The van der Waals surface area contributed by atoms with Gasteiger partial charge in [0, 0.05) is 38.4 Å². The van der Waals surface area contributed by atoms with Gasteiger partial charge in [-0.25, -0.2) is 24.9 Å². The first-order valence-corrected chi connectivity index (χ1v) is 14.3. The zero-order valence-corrected chi connectivity index (χ0v) is 23.7. The predicted octanol–water partition coefficient (Wildman–Crippen LogP) is 9.32. The first-order chi connectivity index (χ1) is 21.2. The minimum atomic E-state index is 0.573. The van der Waals surface area contributed by atoms with Crippen LogP contribution in [0.4, 0.5) is 0 Å².